The van der Waals surface area contributed by atoms with Crippen molar-refractivity contribution in [3.8, 4) is 0 Å². The van der Waals surface area contributed by atoms with E-state index in [1.165, 1.54) is 32.1 Å². The van der Waals surface area contributed by atoms with Gasteiger partial charge in [0.25, 0.3) is 0 Å². The molecule has 2 aliphatic rings. The van der Waals surface area contributed by atoms with Crippen LogP contribution in [-0.2, 0) is 0 Å². The lowest BCUT2D eigenvalue weighted by Crippen LogP contribution is -2.19. The van der Waals surface area contributed by atoms with Crippen molar-refractivity contribution < 1.29 is 0 Å². The highest BCUT2D eigenvalue weighted by molar-refractivity contribution is 7.80. The smallest absolute Gasteiger partial charge is 0.0759 e. The Morgan fingerprint density at radius 2 is 2.00 bits per heavy atom. The predicted molar refractivity (Wildman–Crippen MR) is 46.1 cm³/mol. The van der Waals surface area contributed by atoms with Gasteiger partial charge in [-0.1, -0.05) is 25.1 Å². The average molecular weight is 155 g/mol. The molecule has 2 rings (SSSR count). The summed E-state index contributed by atoms with van der Waals surface area (Å²) in [6.45, 7) is 1.16. The zero-order valence-corrected chi connectivity index (χ0v) is 6.97. The van der Waals surface area contributed by atoms with Crippen LogP contribution in [0.3, 0.4) is 0 Å². The summed E-state index contributed by atoms with van der Waals surface area (Å²) in [5.74, 6) is 0. The van der Waals surface area contributed by atoms with Gasteiger partial charge in [0.05, 0.1) is 4.99 Å². The molecule has 1 aliphatic carbocycles. The van der Waals surface area contributed by atoms with Gasteiger partial charge < -0.3 is 5.32 Å². The summed E-state index contributed by atoms with van der Waals surface area (Å²) < 4.78 is 0. The summed E-state index contributed by atoms with van der Waals surface area (Å²) in [6.07, 6.45) is 6.82. The zero-order chi connectivity index (χ0) is 7.03. The van der Waals surface area contributed by atoms with Crippen molar-refractivity contribution >= 4 is 17.2 Å². The van der Waals surface area contributed by atoms with Crippen LogP contribution in [0.15, 0.2) is 0 Å². The van der Waals surface area contributed by atoms with Crippen molar-refractivity contribution in [3.63, 3.8) is 0 Å². The molecule has 1 saturated heterocycles. The van der Waals surface area contributed by atoms with Crippen LogP contribution >= 0.6 is 12.2 Å². The largest absolute Gasteiger partial charge is 0.379 e. The van der Waals surface area contributed by atoms with Crippen molar-refractivity contribution in [1.29, 1.82) is 0 Å². The van der Waals surface area contributed by atoms with E-state index in [4.69, 9.17) is 12.2 Å². The van der Waals surface area contributed by atoms with E-state index in [0.717, 1.165) is 11.5 Å². The first-order valence-electron chi connectivity index (χ1n) is 4.08. The third-order valence-electron chi connectivity index (χ3n) is 2.86. The van der Waals surface area contributed by atoms with E-state index in [9.17, 15) is 0 Å². The SMILES string of the molecule is S=C1CC2(CCCC2)CN1. The minimum Gasteiger partial charge on any atom is -0.379 e. The molecule has 0 amide bonds. The maximum atomic E-state index is 5.12. The topological polar surface area (TPSA) is 12.0 Å². The van der Waals surface area contributed by atoms with Gasteiger partial charge in [0.1, 0.15) is 0 Å². The Bertz CT molecular complexity index is 159. The second kappa shape index (κ2) is 2.19. The number of hydrogen-bond acceptors (Lipinski definition) is 1. The fourth-order valence-corrected chi connectivity index (χ4v) is 2.61. The summed E-state index contributed by atoms with van der Waals surface area (Å²) in [6, 6.07) is 0. The molecule has 0 radical (unpaired) electrons. The van der Waals surface area contributed by atoms with E-state index in [1.54, 1.807) is 0 Å². The third kappa shape index (κ3) is 0.947. The predicted octanol–water partition coefficient (Wildman–Crippen LogP) is 1.87. The maximum Gasteiger partial charge on any atom is 0.0759 e. The van der Waals surface area contributed by atoms with Crippen LogP contribution < -0.4 is 5.32 Å². The van der Waals surface area contributed by atoms with Crippen molar-refractivity contribution in [1.82, 2.24) is 5.32 Å². The summed E-state index contributed by atoms with van der Waals surface area (Å²) in [5, 5.41) is 3.28. The highest BCUT2D eigenvalue weighted by Crippen LogP contribution is 2.43. The van der Waals surface area contributed by atoms with Crippen molar-refractivity contribution in [2.75, 3.05) is 6.54 Å². The molecule has 0 aromatic heterocycles. The normalized spacial score (nSPS) is 29.4. The first-order chi connectivity index (χ1) is 4.81. The molecule has 56 valence electrons. The minimum absolute atomic E-state index is 0.608. The molecule has 2 heteroatoms. The van der Waals surface area contributed by atoms with Gasteiger partial charge in [-0.05, 0) is 18.3 Å². The Hall–Kier alpha value is -0.110. The van der Waals surface area contributed by atoms with Gasteiger partial charge >= 0.3 is 0 Å². The number of thiocarbonyl (C=S) groups is 1. The Balaban J connectivity index is 2.09. The summed E-state index contributed by atoms with van der Waals surface area (Å²) in [5.41, 5.74) is 0.608. The Morgan fingerprint density at radius 1 is 1.30 bits per heavy atom. The van der Waals surface area contributed by atoms with Gasteiger partial charge in [-0.2, -0.15) is 0 Å². The second-order valence-corrected chi connectivity index (χ2v) is 4.15. The molecule has 1 aliphatic heterocycles. The molecule has 1 heterocycles. The van der Waals surface area contributed by atoms with Gasteiger partial charge in [0.2, 0.25) is 0 Å². The monoisotopic (exact) mass is 155 g/mol. The molecule has 1 nitrogen and oxygen atoms in total. The lowest BCUT2D eigenvalue weighted by Gasteiger charge is -2.18. The van der Waals surface area contributed by atoms with Crippen molar-refractivity contribution in [3.05, 3.63) is 0 Å². The standard InChI is InChI=1S/C8H13NS/c10-7-5-8(6-9-7)3-1-2-4-8/h1-6H2,(H,9,10). The first-order valence-corrected chi connectivity index (χ1v) is 4.48. The molecular weight excluding hydrogens is 142 g/mol. The number of rotatable bonds is 0. The van der Waals surface area contributed by atoms with Crippen LogP contribution in [0, 0.1) is 5.41 Å². The summed E-state index contributed by atoms with van der Waals surface area (Å²) >= 11 is 5.12. The van der Waals surface area contributed by atoms with Crippen LogP contribution in [0.1, 0.15) is 32.1 Å². The van der Waals surface area contributed by atoms with Gasteiger partial charge in [-0.3, -0.25) is 0 Å². The van der Waals surface area contributed by atoms with Gasteiger partial charge in [-0.15, -0.1) is 0 Å². The second-order valence-electron chi connectivity index (χ2n) is 3.66. The number of nitrogens with one attached hydrogen (secondary N) is 1. The number of hydrogen-bond donors (Lipinski definition) is 1. The lowest BCUT2D eigenvalue weighted by molar-refractivity contribution is 0.343. The Kier molecular flexibility index (Phi) is 1.44. The quantitative estimate of drug-likeness (QED) is 0.536. The fourth-order valence-electron chi connectivity index (χ4n) is 2.23. The molecule has 1 spiro atoms. The highest BCUT2D eigenvalue weighted by Gasteiger charge is 2.38. The van der Waals surface area contributed by atoms with Gasteiger partial charge in [-0.25, -0.2) is 0 Å². The molecular formula is C8H13NS. The molecule has 1 saturated carbocycles. The van der Waals surface area contributed by atoms with E-state index in [2.05, 4.69) is 5.32 Å². The highest BCUT2D eigenvalue weighted by atomic mass is 32.1. The first kappa shape index (κ1) is 6.59. The van der Waals surface area contributed by atoms with Crippen LogP contribution in [0.4, 0.5) is 0 Å². The van der Waals surface area contributed by atoms with E-state index in [0.29, 0.717) is 5.41 Å². The van der Waals surface area contributed by atoms with Crippen LogP contribution in [0.25, 0.3) is 0 Å². The minimum atomic E-state index is 0.608. The van der Waals surface area contributed by atoms with Crippen LogP contribution in [-0.4, -0.2) is 11.5 Å². The van der Waals surface area contributed by atoms with Crippen molar-refractivity contribution in [2.45, 2.75) is 32.1 Å². The van der Waals surface area contributed by atoms with E-state index in [-0.39, 0.29) is 0 Å². The van der Waals surface area contributed by atoms with Crippen LogP contribution in [0.2, 0.25) is 0 Å². The average Bonchev–Trinajstić information content (AvgIpc) is 2.46. The molecule has 1 N–H and O–H groups in total. The molecule has 0 atom stereocenters. The van der Waals surface area contributed by atoms with Gasteiger partial charge in [0.15, 0.2) is 0 Å². The Labute approximate surface area is 67.2 Å². The maximum absolute atomic E-state index is 5.12. The van der Waals surface area contributed by atoms with Crippen LogP contribution in [0.5, 0.6) is 0 Å². The summed E-state index contributed by atoms with van der Waals surface area (Å²) in [7, 11) is 0. The van der Waals surface area contributed by atoms with Gasteiger partial charge in [0, 0.05) is 13.0 Å². The molecule has 0 aromatic carbocycles. The molecule has 0 bridgehead atoms. The molecule has 10 heavy (non-hydrogen) atoms. The Morgan fingerprint density at radius 3 is 2.50 bits per heavy atom. The molecule has 2 fully saturated rings. The lowest BCUT2D eigenvalue weighted by atomic mass is 9.86. The fraction of sp³-hybridized carbons (Fsp3) is 0.875. The molecule has 0 unspecified atom stereocenters. The van der Waals surface area contributed by atoms with E-state index >= 15 is 0 Å². The molecule has 0 aromatic rings. The van der Waals surface area contributed by atoms with E-state index < -0.39 is 0 Å². The third-order valence-corrected chi connectivity index (χ3v) is 3.15. The van der Waals surface area contributed by atoms with E-state index in [1.807, 2.05) is 0 Å². The zero-order valence-electron chi connectivity index (χ0n) is 6.15. The van der Waals surface area contributed by atoms with Crippen molar-refractivity contribution in [2.24, 2.45) is 5.41 Å². The summed E-state index contributed by atoms with van der Waals surface area (Å²) in [4.78, 5) is 1.10.